The molecule has 0 bridgehead atoms. The van der Waals surface area contributed by atoms with Crippen LogP contribution in [0.3, 0.4) is 0 Å². The number of halogens is 1. The fraction of sp³-hybridized carbons (Fsp3) is 0.500. The number of carbonyl (C=O) groups is 1. The Bertz CT molecular complexity index is 451. The first-order valence-electron chi connectivity index (χ1n) is 5.91. The highest BCUT2D eigenvalue weighted by Crippen LogP contribution is 2.31. The molecule has 2 fully saturated rings. The normalized spacial score (nSPS) is 27.8. The molecule has 1 aromatic rings. The molecule has 2 unspecified atom stereocenters. The lowest BCUT2D eigenvalue weighted by atomic mass is 9.91. The molecule has 5 heteroatoms. The van der Waals surface area contributed by atoms with Gasteiger partial charge in [-0.1, -0.05) is 0 Å². The molecule has 0 aliphatic carbocycles. The Balaban J connectivity index is 1.90. The summed E-state index contributed by atoms with van der Waals surface area (Å²) in [4.78, 5) is 17.3. The van der Waals surface area contributed by atoms with E-state index in [1.165, 1.54) is 12.3 Å². The van der Waals surface area contributed by atoms with Crippen LogP contribution >= 0.6 is 0 Å². The number of aromatic nitrogens is 1. The first-order valence-corrected chi connectivity index (χ1v) is 5.91. The molecule has 0 aromatic carbocycles. The molecular weight excluding hydrogens is 221 g/mol. The second-order valence-electron chi connectivity index (χ2n) is 4.59. The maximum atomic E-state index is 13.1. The molecule has 17 heavy (non-hydrogen) atoms. The highest BCUT2D eigenvalue weighted by atomic mass is 19.1. The number of nitrogens with zero attached hydrogens (tertiary/aromatic N) is 2. The number of carbonyl (C=O) groups excluding carboxylic acids is 1. The molecule has 0 saturated carbocycles. The van der Waals surface area contributed by atoms with Gasteiger partial charge in [-0.15, -0.1) is 0 Å². The van der Waals surface area contributed by atoms with E-state index in [9.17, 15) is 9.18 Å². The number of hydrogen-bond acceptors (Lipinski definition) is 3. The number of anilines is 1. The maximum absolute atomic E-state index is 13.1. The van der Waals surface area contributed by atoms with Gasteiger partial charge < -0.3 is 10.2 Å². The van der Waals surface area contributed by atoms with Crippen molar-refractivity contribution in [2.24, 2.45) is 5.92 Å². The lowest BCUT2D eigenvalue weighted by molar-refractivity contribution is -0.122. The van der Waals surface area contributed by atoms with Crippen molar-refractivity contribution in [3.8, 4) is 0 Å². The third-order valence-electron chi connectivity index (χ3n) is 3.64. The average Bonchev–Trinajstić information content (AvgIpc) is 2.71. The van der Waals surface area contributed by atoms with E-state index in [1.807, 2.05) is 0 Å². The van der Waals surface area contributed by atoms with Crippen molar-refractivity contribution in [2.45, 2.75) is 18.9 Å². The summed E-state index contributed by atoms with van der Waals surface area (Å²) in [5, 5.41) is 2.89. The van der Waals surface area contributed by atoms with Crippen LogP contribution in [0.4, 0.5) is 10.1 Å². The van der Waals surface area contributed by atoms with Gasteiger partial charge in [0.15, 0.2) is 0 Å². The fourth-order valence-corrected chi connectivity index (χ4v) is 2.84. The second-order valence-corrected chi connectivity index (χ2v) is 4.59. The number of nitrogens with one attached hydrogen (secondary N) is 1. The fourth-order valence-electron chi connectivity index (χ4n) is 2.84. The van der Waals surface area contributed by atoms with Crippen molar-refractivity contribution < 1.29 is 9.18 Å². The van der Waals surface area contributed by atoms with Crippen LogP contribution in [0.1, 0.15) is 12.8 Å². The Morgan fingerprint density at radius 2 is 2.41 bits per heavy atom. The van der Waals surface area contributed by atoms with E-state index in [1.54, 1.807) is 6.07 Å². The van der Waals surface area contributed by atoms with Crippen molar-refractivity contribution in [2.75, 3.05) is 18.0 Å². The monoisotopic (exact) mass is 235 g/mol. The van der Waals surface area contributed by atoms with Crippen molar-refractivity contribution >= 4 is 11.6 Å². The lowest BCUT2D eigenvalue weighted by Crippen LogP contribution is -2.45. The van der Waals surface area contributed by atoms with Crippen molar-refractivity contribution in [1.29, 1.82) is 0 Å². The van der Waals surface area contributed by atoms with Crippen LogP contribution in [0.2, 0.25) is 0 Å². The molecule has 2 atom stereocenters. The molecule has 2 aliphatic heterocycles. The predicted molar refractivity (Wildman–Crippen MR) is 61.1 cm³/mol. The second kappa shape index (κ2) is 3.98. The van der Waals surface area contributed by atoms with Gasteiger partial charge in [-0.05, 0) is 18.9 Å². The zero-order chi connectivity index (χ0) is 11.8. The highest BCUT2D eigenvalue weighted by molar-refractivity contribution is 5.83. The number of rotatable bonds is 1. The minimum absolute atomic E-state index is 0.0555. The first kappa shape index (κ1) is 10.5. The molecule has 1 N–H and O–H groups in total. The van der Waals surface area contributed by atoms with Crippen LogP contribution in [0.15, 0.2) is 18.3 Å². The van der Waals surface area contributed by atoms with E-state index in [2.05, 4.69) is 15.2 Å². The van der Waals surface area contributed by atoms with E-state index in [0.717, 1.165) is 25.1 Å². The van der Waals surface area contributed by atoms with E-state index in [4.69, 9.17) is 0 Å². The third-order valence-corrected chi connectivity index (χ3v) is 3.64. The summed E-state index contributed by atoms with van der Waals surface area (Å²) in [6.07, 6.45) is 3.37. The number of piperidine rings is 1. The Labute approximate surface area is 98.8 Å². The van der Waals surface area contributed by atoms with Crippen molar-refractivity contribution in [3.63, 3.8) is 0 Å². The molecular formula is C12H14FN3O. The zero-order valence-electron chi connectivity index (χ0n) is 9.40. The van der Waals surface area contributed by atoms with E-state index in [0.29, 0.717) is 6.54 Å². The highest BCUT2D eigenvalue weighted by Gasteiger charge is 2.40. The SMILES string of the molecule is O=C1NCC2C1CCCN2c1ccnc(F)c1. The largest absolute Gasteiger partial charge is 0.366 e. The first-order chi connectivity index (χ1) is 8.25. The van der Waals surface area contributed by atoms with Crippen molar-refractivity contribution in [3.05, 3.63) is 24.3 Å². The van der Waals surface area contributed by atoms with Gasteiger partial charge in [0.25, 0.3) is 0 Å². The average molecular weight is 235 g/mol. The topological polar surface area (TPSA) is 45.2 Å². The predicted octanol–water partition coefficient (Wildman–Crippen LogP) is 0.935. The van der Waals surface area contributed by atoms with Crippen LogP contribution in [0.25, 0.3) is 0 Å². The molecule has 2 aliphatic rings. The Hall–Kier alpha value is -1.65. The van der Waals surface area contributed by atoms with Gasteiger partial charge >= 0.3 is 0 Å². The van der Waals surface area contributed by atoms with Crippen molar-refractivity contribution in [1.82, 2.24) is 10.3 Å². The Kier molecular flexibility index (Phi) is 2.46. The zero-order valence-corrected chi connectivity index (χ0v) is 9.40. The van der Waals surface area contributed by atoms with Crippen LogP contribution in [0.5, 0.6) is 0 Å². The molecule has 4 nitrogen and oxygen atoms in total. The number of hydrogen-bond donors (Lipinski definition) is 1. The molecule has 1 aromatic heterocycles. The minimum Gasteiger partial charge on any atom is -0.366 e. The summed E-state index contributed by atoms with van der Waals surface area (Å²) in [5.41, 5.74) is 0.823. The molecule has 90 valence electrons. The van der Waals surface area contributed by atoms with E-state index >= 15 is 0 Å². The summed E-state index contributed by atoms with van der Waals surface area (Å²) in [7, 11) is 0. The minimum atomic E-state index is -0.470. The summed E-state index contributed by atoms with van der Waals surface area (Å²) >= 11 is 0. The third kappa shape index (κ3) is 1.75. The summed E-state index contributed by atoms with van der Waals surface area (Å²) in [6.45, 7) is 1.53. The molecule has 3 heterocycles. The smallest absolute Gasteiger partial charge is 0.225 e. The number of fused-ring (bicyclic) bond motifs is 1. The molecule has 0 spiro atoms. The summed E-state index contributed by atoms with van der Waals surface area (Å²) < 4.78 is 13.1. The van der Waals surface area contributed by atoms with Crippen LogP contribution in [0, 0.1) is 11.9 Å². The molecule has 2 saturated heterocycles. The standard InChI is InChI=1S/C12H14FN3O/c13-11-6-8(3-4-14-11)16-5-1-2-9-10(16)7-15-12(9)17/h3-4,6,9-10H,1-2,5,7H2,(H,15,17). The van der Waals surface area contributed by atoms with Crippen LogP contribution < -0.4 is 10.2 Å². The Morgan fingerprint density at radius 3 is 3.24 bits per heavy atom. The number of amides is 1. The van der Waals surface area contributed by atoms with Gasteiger partial charge in [-0.3, -0.25) is 4.79 Å². The molecule has 1 amide bonds. The van der Waals surface area contributed by atoms with Gasteiger partial charge in [0.1, 0.15) is 0 Å². The van der Waals surface area contributed by atoms with Gasteiger partial charge in [0.2, 0.25) is 11.9 Å². The van der Waals surface area contributed by atoms with Gasteiger partial charge in [-0.2, -0.15) is 4.39 Å². The lowest BCUT2D eigenvalue weighted by Gasteiger charge is -2.37. The van der Waals surface area contributed by atoms with E-state index < -0.39 is 5.95 Å². The molecule has 3 rings (SSSR count). The Morgan fingerprint density at radius 1 is 1.53 bits per heavy atom. The van der Waals surface area contributed by atoms with Gasteiger partial charge in [0, 0.05) is 31.0 Å². The van der Waals surface area contributed by atoms with Gasteiger partial charge in [-0.25, -0.2) is 4.98 Å². The summed E-state index contributed by atoms with van der Waals surface area (Å²) in [5.74, 6) is -0.281. The molecule has 0 radical (unpaired) electrons. The van der Waals surface area contributed by atoms with Crippen LogP contribution in [-0.4, -0.2) is 30.0 Å². The quantitative estimate of drug-likeness (QED) is 0.737. The summed E-state index contributed by atoms with van der Waals surface area (Å²) in [6, 6.07) is 3.40. The van der Waals surface area contributed by atoms with Gasteiger partial charge in [0.05, 0.1) is 12.0 Å². The maximum Gasteiger partial charge on any atom is 0.225 e. The van der Waals surface area contributed by atoms with E-state index in [-0.39, 0.29) is 17.9 Å². The number of pyridine rings is 1. The van der Waals surface area contributed by atoms with Crippen LogP contribution in [-0.2, 0) is 4.79 Å².